The zero-order valence-electron chi connectivity index (χ0n) is 17.0. The highest BCUT2D eigenvalue weighted by Gasteiger charge is 2.16. The van der Waals surface area contributed by atoms with Crippen LogP contribution in [0.4, 0.5) is 5.69 Å². The molecule has 0 radical (unpaired) electrons. The van der Waals surface area contributed by atoms with E-state index in [2.05, 4.69) is 10.1 Å². The van der Waals surface area contributed by atoms with Crippen LogP contribution in [0.3, 0.4) is 0 Å². The lowest BCUT2D eigenvalue weighted by molar-refractivity contribution is -0.384. The fourth-order valence-corrected chi connectivity index (χ4v) is 3.66. The first-order valence-corrected chi connectivity index (χ1v) is 9.81. The van der Waals surface area contributed by atoms with Gasteiger partial charge in [-0.2, -0.15) is 4.52 Å². The number of para-hydroxylation sites is 1. The third-order valence-corrected chi connectivity index (χ3v) is 5.29. The van der Waals surface area contributed by atoms with Crippen LogP contribution >= 0.6 is 0 Å². The van der Waals surface area contributed by atoms with Gasteiger partial charge in [-0.15, -0.1) is 5.10 Å². The quantitative estimate of drug-likeness (QED) is 0.313. The molecule has 0 aliphatic heterocycles. The summed E-state index contributed by atoms with van der Waals surface area (Å²) in [4.78, 5) is 28.5. The van der Waals surface area contributed by atoms with Crippen LogP contribution in [-0.2, 0) is 6.54 Å². The van der Waals surface area contributed by atoms with Gasteiger partial charge in [0.05, 0.1) is 24.1 Å². The molecule has 0 unspecified atom stereocenters. The van der Waals surface area contributed by atoms with E-state index in [-0.39, 0.29) is 17.9 Å². The van der Waals surface area contributed by atoms with E-state index in [0.717, 1.165) is 16.5 Å². The van der Waals surface area contributed by atoms with Gasteiger partial charge in [0.2, 0.25) is 0 Å². The van der Waals surface area contributed by atoms with Crippen molar-refractivity contribution in [3.05, 3.63) is 99.0 Å². The molecule has 5 rings (SSSR count). The zero-order chi connectivity index (χ0) is 22.2. The van der Waals surface area contributed by atoms with Gasteiger partial charge in [-0.3, -0.25) is 14.7 Å². The van der Waals surface area contributed by atoms with Crippen LogP contribution in [0.2, 0.25) is 0 Å². The van der Waals surface area contributed by atoms with Crippen molar-refractivity contribution < 1.29 is 9.66 Å². The lowest BCUT2D eigenvalue weighted by atomic mass is 10.2. The number of nitrogens with zero attached hydrogens (tertiary/aromatic N) is 5. The second-order valence-corrected chi connectivity index (χ2v) is 7.21. The summed E-state index contributed by atoms with van der Waals surface area (Å²) in [7, 11) is 1.59. The normalized spacial score (nSPS) is 11.2. The maximum absolute atomic E-state index is 13.4. The van der Waals surface area contributed by atoms with Crippen molar-refractivity contribution in [3.63, 3.8) is 0 Å². The van der Waals surface area contributed by atoms with Crippen LogP contribution in [0.1, 0.15) is 5.56 Å². The number of non-ortho nitro benzene ring substituents is 1. The fraction of sp³-hybridized carbons (Fsp3) is 0.0870. The van der Waals surface area contributed by atoms with Crippen LogP contribution in [0.25, 0.3) is 27.9 Å². The predicted octanol–water partition coefficient (Wildman–Crippen LogP) is 3.68. The Hall–Kier alpha value is -4.53. The molecule has 0 N–H and O–H groups in total. The zero-order valence-corrected chi connectivity index (χ0v) is 17.0. The highest BCUT2D eigenvalue weighted by molar-refractivity contribution is 5.92. The van der Waals surface area contributed by atoms with Crippen LogP contribution in [0, 0.1) is 10.1 Å². The van der Waals surface area contributed by atoms with Crippen molar-refractivity contribution in [1.82, 2.24) is 19.2 Å². The number of benzene rings is 3. The standard InChI is InChI=1S/C23H17N5O4/c1-32-18-12-8-16(9-13-18)21-24-22-19-4-2-3-5-20(19)26(23(29)27(22)25-21)14-15-6-10-17(11-7-15)28(30)31/h2-13H,14H2,1H3. The topological polar surface area (TPSA) is 105 Å². The first-order valence-electron chi connectivity index (χ1n) is 9.81. The summed E-state index contributed by atoms with van der Waals surface area (Å²) in [6.07, 6.45) is 0. The summed E-state index contributed by atoms with van der Waals surface area (Å²) < 4.78 is 8.09. The molecule has 2 aromatic heterocycles. The smallest absolute Gasteiger partial charge is 0.351 e. The molecule has 3 aromatic carbocycles. The minimum atomic E-state index is -0.451. The number of aromatic nitrogens is 4. The monoisotopic (exact) mass is 427 g/mol. The second kappa shape index (κ2) is 7.62. The van der Waals surface area contributed by atoms with E-state index >= 15 is 0 Å². The molecule has 0 saturated heterocycles. The molecule has 0 aliphatic rings. The van der Waals surface area contributed by atoms with Crippen molar-refractivity contribution in [1.29, 1.82) is 0 Å². The summed E-state index contributed by atoms with van der Waals surface area (Å²) in [5.74, 6) is 1.15. The molecule has 2 heterocycles. The van der Waals surface area contributed by atoms with Gasteiger partial charge in [-0.05, 0) is 42.0 Å². The van der Waals surface area contributed by atoms with Crippen molar-refractivity contribution in [2.45, 2.75) is 6.54 Å². The molecular weight excluding hydrogens is 410 g/mol. The Morgan fingerprint density at radius 2 is 1.72 bits per heavy atom. The van der Waals surface area contributed by atoms with Crippen molar-refractivity contribution in [3.8, 4) is 17.1 Å². The molecule has 0 spiro atoms. The third kappa shape index (κ3) is 3.25. The lowest BCUT2D eigenvalue weighted by Crippen LogP contribution is -2.28. The molecule has 9 nitrogen and oxygen atoms in total. The molecule has 0 fully saturated rings. The van der Waals surface area contributed by atoms with Gasteiger partial charge in [0.25, 0.3) is 5.69 Å². The molecular formula is C23H17N5O4. The van der Waals surface area contributed by atoms with Crippen molar-refractivity contribution >= 4 is 22.2 Å². The van der Waals surface area contributed by atoms with Crippen LogP contribution in [0.15, 0.2) is 77.6 Å². The van der Waals surface area contributed by atoms with E-state index in [1.54, 1.807) is 23.8 Å². The molecule has 158 valence electrons. The van der Waals surface area contributed by atoms with Gasteiger partial charge in [-0.25, -0.2) is 9.78 Å². The van der Waals surface area contributed by atoms with E-state index in [1.165, 1.54) is 16.6 Å². The maximum atomic E-state index is 13.4. The largest absolute Gasteiger partial charge is 0.497 e. The highest BCUT2D eigenvalue weighted by atomic mass is 16.6. The Bertz CT molecular complexity index is 1520. The van der Waals surface area contributed by atoms with E-state index < -0.39 is 4.92 Å². The molecule has 5 aromatic rings. The van der Waals surface area contributed by atoms with Gasteiger partial charge >= 0.3 is 5.69 Å². The number of fused-ring (bicyclic) bond motifs is 3. The Kier molecular flexibility index (Phi) is 4.63. The van der Waals surface area contributed by atoms with E-state index in [1.807, 2.05) is 48.5 Å². The predicted molar refractivity (Wildman–Crippen MR) is 119 cm³/mol. The number of rotatable bonds is 5. The number of hydrogen-bond acceptors (Lipinski definition) is 6. The Morgan fingerprint density at radius 1 is 1.00 bits per heavy atom. The summed E-state index contributed by atoms with van der Waals surface area (Å²) in [6.45, 7) is 0.241. The average Bonchev–Trinajstić information content (AvgIpc) is 3.28. The average molecular weight is 427 g/mol. The second-order valence-electron chi connectivity index (χ2n) is 7.21. The third-order valence-electron chi connectivity index (χ3n) is 5.29. The maximum Gasteiger partial charge on any atom is 0.351 e. The number of ether oxygens (including phenoxy) is 1. The molecule has 9 heteroatoms. The van der Waals surface area contributed by atoms with E-state index in [4.69, 9.17) is 4.74 Å². The van der Waals surface area contributed by atoms with Gasteiger partial charge in [-0.1, -0.05) is 24.3 Å². The summed E-state index contributed by atoms with van der Waals surface area (Å²) >= 11 is 0. The first kappa shape index (κ1) is 19.4. The van der Waals surface area contributed by atoms with Crippen molar-refractivity contribution in [2.75, 3.05) is 7.11 Å². The molecule has 0 saturated carbocycles. The van der Waals surface area contributed by atoms with Crippen LogP contribution < -0.4 is 10.4 Å². The molecule has 0 atom stereocenters. The molecule has 0 amide bonds. The summed E-state index contributed by atoms with van der Waals surface area (Å²) in [6, 6.07) is 20.9. The van der Waals surface area contributed by atoms with E-state index in [0.29, 0.717) is 22.7 Å². The van der Waals surface area contributed by atoms with Gasteiger partial charge in [0, 0.05) is 23.1 Å². The molecule has 0 aliphatic carbocycles. The van der Waals surface area contributed by atoms with Crippen molar-refractivity contribution in [2.24, 2.45) is 0 Å². The number of methoxy groups -OCH3 is 1. The Labute approximate surface area is 181 Å². The van der Waals surface area contributed by atoms with Crippen LogP contribution in [-0.4, -0.2) is 31.2 Å². The lowest BCUT2D eigenvalue weighted by Gasteiger charge is -2.11. The van der Waals surface area contributed by atoms with E-state index in [9.17, 15) is 14.9 Å². The number of hydrogen-bond donors (Lipinski definition) is 0. The fourth-order valence-electron chi connectivity index (χ4n) is 3.66. The molecule has 0 bridgehead atoms. The first-order chi connectivity index (χ1) is 15.5. The van der Waals surface area contributed by atoms with Gasteiger partial charge in [0.15, 0.2) is 11.5 Å². The molecule has 32 heavy (non-hydrogen) atoms. The Morgan fingerprint density at radius 3 is 2.41 bits per heavy atom. The van der Waals surface area contributed by atoms with Crippen LogP contribution in [0.5, 0.6) is 5.75 Å². The minimum absolute atomic E-state index is 0.00168. The summed E-state index contributed by atoms with van der Waals surface area (Å²) in [5.41, 5.74) is 2.36. The van der Waals surface area contributed by atoms with Gasteiger partial charge in [0.1, 0.15) is 5.75 Å². The SMILES string of the molecule is COc1ccc(-c2nc3c4ccccc4n(Cc4ccc([N+](=O)[O-])cc4)c(=O)n3n2)cc1. The highest BCUT2D eigenvalue weighted by Crippen LogP contribution is 2.23. The van der Waals surface area contributed by atoms with Gasteiger partial charge < -0.3 is 4.74 Å². The Balaban J connectivity index is 1.66. The number of nitro benzene ring substituents is 1. The minimum Gasteiger partial charge on any atom is -0.497 e. The number of nitro groups is 1. The summed E-state index contributed by atoms with van der Waals surface area (Å²) in [5, 5.41) is 16.2.